The van der Waals surface area contributed by atoms with Gasteiger partial charge in [0.1, 0.15) is 6.04 Å². The van der Waals surface area contributed by atoms with Gasteiger partial charge in [-0.25, -0.2) is 8.78 Å². The summed E-state index contributed by atoms with van der Waals surface area (Å²) in [5.74, 6) is -4.72. The highest BCUT2D eigenvalue weighted by atomic mass is 35.5. The van der Waals surface area contributed by atoms with E-state index in [1.165, 1.54) is 6.07 Å². The van der Waals surface area contributed by atoms with Crippen molar-refractivity contribution in [2.75, 3.05) is 5.32 Å². The molecule has 0 fully saturated rings. The first kappa shape index (κ1) is 14.1. The van der Waals surface area contributed by atoms with Crippen molar-refractivity contribution >= 4 is 23.2 Å². The van der Waals surface area contributed by atoms with Crippen LogP contribution in [0.5, 0.6) is 0 Å². The molecule has 0 radical (unpaired) electrons. The van der Waals surface area contributed by atoms with E-state index in [4.69, 9.17) is 17.3 Å². The lowest BCUT2D eigenvalue weighted by atomic mass is 9.98. The molecule has 19 heavy (non-hydrogen) atoms. The van der Waals surface area contributed by atoms with E-state index in [1.54, 1.807) is 0 Å². The average Bonchev–Trinajstić information content (AvgIpc) is 2.65. The van der Waals surface area contributed by atoms with Gasteiger partial charge in [-0.15, -0.1) is 0 Å². The zero-order valence-electron chi connectivity index (χ0n) is 9.39. The molecule has 104 valence electrons. The number of hydrogen-bond donors (Lipinski definition) is 2. The minimum atomic E-state index is -4.39. The normalized spacial score (nSPS) is 16.5. The lowest BCUT2D eigenvalue weighted by Gasteiger charge is -2.24. The minimum absolute atomic E-state index is 0.0214. The van der Waals surface area contributed by atoms with Crippen LogP contribution >= 0.6 is 11.6 Å². The van der Waals surface area contributed by atoms with Gasteiger partial charge in [0.2, 0.25) is 5.91 Å². The Labute approximate surface area is 110 Å². The van der Waals surface area contributed by atoms with E-state index in [0.717, 1.165) is 6.07 Å². The van der Waals surface area contributed by atoms with Crippen LogP contribution in [0.1, 0.15) is 17.2 Å². The van der Waals surface area contributed by atoms with Crippen LogP contribution in [0.15, 0.2) is 12.1 Å². The molecule has 8 heteroatoms. The van der Waals surface area contributed by atoms with E-state index >= 15 is 0 Å². The number of amides is 1. The van der Waals surface area contributed by atoms with Crippen molar-refractivity contribution < 1.29 is 22.4 Å². The summed E-state index contributed by atoms with van der Waals surface area (Å²) in [4.78, 5) is 11.1. The molecule has 1 aromatic rings. The molecule has 1 heterocycles. The monoisotopic (exact) mass is 296 g/mol. The molecule has 1 atom stereocenters. The summed E-state index contributed by atoms with van der Waals surface area (Å²) in [6.45, 7) is 0. The van der Waals surface area contributed by atoms with Crippen molar-refractivity contribution in [3.8, 4) is 0 Å². The van der Waals surface area contributed by atoms with Crippen LogP contribution < -0.4 is 11.1 Å². The molecule has 0 saturated heterocycles. The smallest absolute Gasteiger partial charge is 0.325 e. The Balaban J connectivity index is 2.42. The number of benzene rings is 1. The molecule has 0 saturated carbocycles. The number of anilines is 1. The third-order valence-corrected chi connectivity index (χ3v) is 3.22. The maximum Gasteiger partial charge on any atom is 0.326 e. The highest BCUT2D eigenvalue weighted by Crippen LogP contribution is 2.40. The standard InChI is InChI=1S/C11H9ClF4N2O/c12-6-3-7-4(2-8(19)18-7)1-5(6)9(17)11(15,16)10(13)14/h1,3,9-10H,2,17H2,(H,18,19). The Bertz CT molecular complexity index is 536. The second-order valence-corrected chi connectivity index (χ2v) is 4.62. The Morgan fingerprint density at radius 3 is 2.58 bits per heavy atom. The first-order chi connectivity index (χ1) is 8.73. The third-order valence-electron chi connectivity index (χ3n) is 2.89. The zero-order chi connectivity index (χ0) is 14.4. The highest BCUT2D eigenvalue weighted by Gasteiger charge is 2.48. The van der Waals surface area contributed by atoms with Gasteiger partial charge in [-0.2, -0.15) is 8.78 Å². The summed E-state index contributed by atoms with van der Waals surface area (Å²) >= 11 is 5.75. The fraction of sp³-hybridized carbons (Fsp3) is 0.364. The topological polar surface area (TPSA) is 55.1 Å². The van der Waals surface area contributed by atoms with Crippen LogP contribution in [0.2, 0.25) is 5.02 Å². The number of hydrogen-bond acceptors (Lipinski definition) is 2. The fourth-order valence-corrected chi connectivity index (χ4v) is 2.13. The molecule has 0 aliphatic carbocycles. The molecule has 3 nitrogen and oxygen atoms in total. The molecule has 3 N–H and O–H groups in total. The summed E-state index contributed by atoms with van der Waals surface area (Å²) in [7, 11) is 0. The molecule has 1 unspecified atom stereocenters. The van der Waals surface area contributed by atoms with E-state index in [0.29, 0.717) is 11.3 Å². The maximum absolute atomic E-state index is 13.2. The molecule has 2 rings (SSSR count). The van der Waals surface area contributed by atoms with Crippen molar-refractivity contribution in [1.82, 2.24) is 0 Å². The van der Waals surface area contributed by atoms with Crippen LogP contribution in [0.4, 0.5) is 23.2 Å². The first-order valence-electron chi connectivity index (χ1n) is 5.27. The molecule has 1 aliphatic heterocycles. The largest absolute Gasteiger partial charge is 0.326 e. The van der Waals surface area contributed by atoms with Gasteiger partial charge >= 0.3 is 12.3 Å². The van der Waals surface area contributed by atoms with Crippen molar-refractivity contribution in [2.24, 2.45) is 5.73 Å². The number of nitrogens with two attached hydrogens (primary N) is 1. The van der Waals surface area contributed by atoms with Gasteiger partial charge in [0.25, 0.3) is 0 Å². The number of halogens is 5. The number of carbonyl (C=O) groups excluding carboxylic acids is 1. The third kappa shape index (κ3) is 2.40. The average molecular weight is 297 g/mol. The van der Waals surface area contributed by atoms with Gasteiger partial charge in [-0.05, 0) is 23.3 Å². The molecule has 0 bridgehead atoms. The lowest BCUT2D eigenvalue weighted by molar-refractivity contribution is -0.144. The van der Waals surface area contributed by atoms with Crippen molar-refractivity contribution in [3.63, 3.8) is 0 Å². The van der Waals surface area contributed by atoms with E-state index in [2.05, 4.69) is 5.32 Å². The highest BCUT2D eigenvalue weighted by molar-refractivity contribution is 6.32. The molecule has 1 aromatic carbocycles. The first-order valence-corrected chi connectivity index (χ1v) is 5.65. The quantitative estimate of drug-likeness (QED) is 0.843. The molecular weight excluding hydrogens is 288 g/mol. The van der Waals surface area contributed by atoms with Gasteiger partial charge in [0, 0.05) is 10.7 Å². The maximum atomic E-state index is 13.2. The van der Waals surface area contributed by atoms with E-state index < -0.39 is 18.4 Å². The molecule has 1 aliphatic rings. The van der Waals surface area contributed by atoms with E-state index in [9.17, 15) is 22.4 Å². The van der Waals surface area contributed by atoms with Crippen LogP contribution in [-0.4, -0.2) is 18.3 Å². The number of fused-ring (bicyclic) bond motifs is 1. The number of alkyl halides is 4. The number of rotatable bonds is 3. The van der Waals surface area contributed by atoms with Crippen molar-refractivity contribution in [2.45, 2.75) is 24.8 Å². The zero-order valence-corrected chi connectivity index (χ0v) is 10.1. The second-order valence-electron chi connectivity index (χ2n) is 4.21. The van der Waals surface area contributed by atoms with Gasteiger partial charge in [0.15, 0.2) is 0 Å². The number of nitrogens with one attached hydrogen (secondary N) is 1. The summed E-state index contributed by atoms with van der Waals surface area (Å²) in [6.07, 6.45) is -3.92. The van der Waals surface area contributed by atoms with Crippen molar-refractivity contribution in [3.05, 3.63) is 28.3 Å². The van der Waals surface area contributed by atoms with Gasteiger partial charge < -0.3 is 11.1 Å². The van der Waals surface area contributed by atoms with Gasteiger partial charge in [-0.1, -0.05) is 11.6 Å². The lowest BCUT2D eigenvalue weighted by Crippen LogP contribution is -2.39. The Hall–Kier alpha value is -1.34. The van der Waals surface area contributed by atoms with E-state index in [-0.39, 0.29) is 22.9 Å². The second kappa shape index (κ2) is 4.64. The Kier molecular flexibility index (Phi) is 3.44. The van der Waals surface area contributed by atoms with E-state index in [1.807, 2.05) is 0 Å². The van der Waals surface area contributed by atoms with Crippen molar-refractivity contribution in [1.29, 1.82) is 0 Å². The van der Waals surface area contributed by atoms with Gasteiger partial charge in [-0.3, -0.25) is 4.79 Å². The van der Waals surface area contributed by atoms with Crippen LogP contribution in [0.3, 0.4) is 0 Å². The number of carbonyl (C=O) groups is 1. The summed E-state index contributed by atoms with van der Waals surface area (Å²) < 4.78 is 51.0. The predicted octanol–water partition coefficient (Wildman–Crippen LogP) is 2.73. The van der Waals surface area contributed by atoms with Crippen LogP contribution in [0.25, 0.3) is 0 Å². The Morgan fingerprint density at radius 2 is 2.00 bits per heavy atom. The molecule has 0 spiro atoms. The predicted molar refractivity (Wildman–Crippen MR) is 61.7 cm³/mol. The SMILES string of the molecule is NC(c1cc2c(cc1Cl)NC(=O)C2)C(F)(F)C(F)F. The van der Waals surface area contributed by atoms with Gasteiger partial charge in [0.05, 0.1) is 6.42 Å². The summed E-state index contributed by atoms with van der Waals surface area (Å²) in [5.41, 5.74) is 5.67. The van der Waals surface area contributed by atoms with Crippen LogP contribution in [0, 0.1) is 0 Å². The molecular formula is C11H9ClF4N2O. The summed E-state index contributed by atoms with van der Waals surface area (Å²) in [6, 6.07) is 0.163. The summed E-state index contributed by atoms with van der Waals surface area (Å²) in [5, 5.41) is 2.28. The molecule has 1 amide bonds. The molecule has 0 aromatic heterocycles. The minimum Gasteiger partial charge on any atom is -0.325 e. The van der Waals surface area contributed by atoms with Crippen LogP contribution in [-0.2, 0) is 11.2 Å². The fourth-order valence-electron chi connectivity index (χ4n) is 1.85. The Morgan fingerprint density at radius 1 is 1.37 bits per heavy atom.